The van der Waals surface area contributed by atoms with Gasteiger partial charge in [0, 0.05) is 10.8 Å². The molecule has 0 fully saturated rings. The van der Waals surface area contributed by atoms with E-state index < -0.39 is 0 Å². The average Bonchev–Trinajstić information content (AvgIpc) is 2.71. The van der Waals surface area contributed by atoms with Crippen molar-refractivity contribution in [3.63, 3.8) is 0 Å². The first-order valence-corrected chi connectivity index (χ1v) is 7.81. The summed E-state index contributed by atoms with van der Waals surface area (Å²) in [5, 5.41) is 2.67. The van der Waals surface area contributed by atoms with Crippen LogP contribution in [-0.2, 0) is 0 Å². The second-order valence-corrected chi connectivity index (χ2v) is 5.82. The maximum Gasteiger partial charge on any atom is 0.265 e. The van der Waals surface area contributed by atoms with Crippen molar-refractivity contribution in [2.75, 3.05) is 0 Å². The molecular formula is C21H15NO2. The van der Waals surface area contributed by atoms with Crippen molar-refractivity contribution in [3.8, 4) is 5.69 Å². The Hall–Kier alpha value is -3.20. The molecule has 0 unspecified atom stereocenters. The van der Waals surface area contributed by atoms with Crippen LogP contribution >= 0.6 is 0 Å². The van der Waals surface area contributed by atoms with Crippen LogP contribution in [0.1, 0.15) is 5.56 Å². The summed E-state index contributed by atoms with van der Waals surface area (Å²) in [6.45, 7) is 1.90. The molecule has 0 saturated carbocycles. The zero-order chi connectivity index (χ0) is 16.7. The van der Waals surface area contributed by atoms with Crippen LogP contribution in [0.5, 0.6) is 0 Å². The normalized spacial score (nSPS) is 11.0. The fourth-order valence-electron chi connectivity index (χ4n) is 3.18. The van der Waals surface area contributed by atoms with E-state index >= 15 is 0 Å². The van der Waals surface area contributed by atoms with Crippen LogP contribution in [0, 0.1) is 6.92 Å². The number of hydrogen-bond donors (Lipinski definition) is 0. The van der Waals surface area contributed by atoms with Gasteiger partial charge < -0.3 is 0 Å². The molecule has 0 atom stereocenters. The molecule has 0 N–H and O–H groups in total. The van der Waals surface area contributed by atoms with E-state index in [0.29, 0.717) is 16.5 Å². The molecule has 24 heavy (non-hydrogen) atoms. The third-order valence-corrected chi connectivity index (χ3v) is 4.37. The van der Waals surface area contributed by atoms with Crippen LogP contribution in [0.2, 0.25) is 0 Å². The van der Waals surface area contributed by atoms with Crippen LogP contribution in [0.25, 0.3) is 27.2 Å². The van der Waals surface area contributed by atoms with Crippen LogP contribution in [0.15, 0.2) is 82.4 Å². The number of nitrogens with zero attached hydrogens (tertiary/aromatic N) is 1. The molecule has 3 heteroatoms. The van der Waals surface area contributed by atoms with Crippen LogP contribution in [-0.4, -0.2) is 4.57 Å². The van der Waals surface area contributed by atoms with E-state index in [1.165, 1.54) is 4.57 Å². The number of benzene rings is 3. The minimum Gasteiger partial charge on any atom is -0.268 e. The Labute approximate surface area is 138 Å². The molecule has 0 radical (unpaired) electrons. The third kappa shape index (κ3) is 2.06. The molecule has 0 spiro atoms. The SMILES string of the molecule is Cc1ccccc1-n1c(=O)c2ccccc2c2ccccc2c1=O. The Morgan fingerprint density at radius 3 is 1.50 bits per heavy atom. The summed E-state index contributed by atoms with van der Waals surface area (Å²) in [5.74, 6) is 0. The summed E-state index contributed by atoms with van der Waals surface area (Å²) in [7, 11) is 0. The number of rotatable bonds is 1. The van der Waals surface area contributed by atoms with Gasteiger partial charge >= 0.3 is 0 Å². The van der Waals surface area contributed by atoms with Crippen molar-refractivity contribution < 1.29 is 0 Å². The lowest BCUT2D eigenvalue weighted by molar-refractivity contribution is 0.964. The summed E-state index contributed by atoms with van der Waals surface area (Å²) >= 11 is 0. The first kappa shape index (κ1) is 14.4. The summed E-state index contributed by atoms with van der Waals surface area (Å²) in [6.07, 6.45) is 0. The first-order chi connectivity index (χ1) is 11.7. The number of hydrogen-bond acceptors (Lipinski definition) is 2. The molecule has 0 saturated heterocycles. The van der Waals surface area contributed by atoms with Gasteiger partial charge in [-0.05, 0) is 41.5 Å². The lowest BCUT2D eigenvalue weighted by Gasteiger charge is -2.06. The van der Waals surface area contributed by atoms with E-state index in [0.717, 1.165) is 16.3 Å². The number of fused-ring (bicyclic) bond motifs is 3. The topological polar surface area (TPSA) is 39.1 Å². The Bertz CT molecular complexity index is 1130. The molecule has 0 amide bonds. The van der Waals surface area contributed by atoms with E-state index in [4.69, 9.17) is 0 Å². The van der Waals surface area contributed by atoms with Crippen LogP contribution < -0.4 is 11.1 Å². The molecule has 0 bridgehead atoms. The van der Waals surface area contributed by atoms with Gasteiger partial charge in [0.15, 0.2) is 0 Å². The summed E-state index contributed by atoms with van der Waals surface area (Å²) < 4.78 is 1.29. The lowest BCUT2D eigenvalue weighted by atomic mass is 10.1. The smallest absolute Gasteiger partial charge is 0.265 e. The predicted octanol–water partition coefficient (Wildman–Crippen LogP) is 3.81. The van der Waals surface area contributed by atoms with E-state index in [1.54, 1.807) is 12.1 Å². The second-order valence-electron chi connectivity index (χ2n) is 5.82. The highest BCUT2D eigenvalue weighted by Crippen LogP contribution is 2.20. The Morgan fingerprint density at radius 1 is 0.583 bits per heavy atom. The van der Waals surface area contributed by atoms with Gasteiger partial charge in [-0.1, -0.05) is 54.6 Å². The van der Waals surface area contributed by atoms with Gasteiger partial charge in [0.05, 0.1) is 5.69 Å². The molecule has 1 aromatic heterocycles. The second kappa shape index (κ2) is 5.46. The quantitative estimate of drug-likeness (QED) is 0.536. The van der Waals surface area contributed by atoms with E-state index in [1.807, 2.05) is 67.6 Å². The van der Waals surface area contributed by atoms with Gasteiger partial charge in [0.1, 0.15) is 0 Å². The van der Waals surface area contributed by atoms with Gasteiger partial charge in [-0.15, -0.1) is 0 Å². The number of aromatic nitrogens is 1. The maximum absolute atomic E-state index is 13.2. The van der Waals surface area contributed by atoms with Crippen LogP contribution in [0.3, 0.4) is 0 Å². The largest absolute Gasteiger partial charge is 0.268 e. The monoisotopic (exact) mass is 313 g/mol. The summed E-state index contributed by atoms with van der Waals surface area (Å²) in [4.78, 5) is 26.3. The van der Waals surface area contributed by atoms with Crippen molar-refractivity contribution >= 4 is 21.5 Å². The van der Waals surface area contributed by atoms with E-state index in [2.05, 4.69) is 0 Å². The van der Waals surface area contributed by atoms with Gasteiger partial charge in [-0.25, -0.2) is 4.57 Å². The molecule has 0 aliphatic heterocycles. The highest BCUT2D eigenvalue weighted by molar-refractivity contribution is 6.05. The molecule has 1 heterocycles. The molecule has 3 nitrogen and oxygen atoms in total. The van der Waals surface area contributed by atoms with Crippen molar-refractivity contribution in [2.45, 2.75) is 6.92 Å². The van der Waals surface area contributed by atoms with Crippen molar-refractivity contribution in [2.24, 2.45) is 0 Å². The fourth-order valence-corrected chi connectivity index (χ4v) is 3.18. The van der Waals surface area contributed by atoms with Gasteiger partial charge in [0.25, 0.3) is 11.1 Å². The van der Waals surface area contributed by atoms with Crippen molar-refractivity contribution in [1.82, 2.24) is 4.57 Å². The summed E-state index contributed by atoms with van der Waals surface area (Å²) in [6, 6.07) is 22.2. The van der Waals surface area contributed by atoms with E-state index in [9.17, 15) is 9.59 Å². The molecule has 3 aromatic carbocycles. The first-order valence-electron chi connectivity index (χ1n) is 7.81. The molecule has 0 aliphatic rings. The lowest BCUT2D eigenvalue weighted by Crippen LogP contribution is -2.29. The van der Waals surface area contributed by atoms with Crippen molar-refractivity contribution in [3.05, 3.63) is 99.1 Å². The summed E-state index contributed by atoms with van der Waals surface area (Å²) in [5.41, 5.74) is 0.928. The predicted molar refractivity (Wildman–Crippen MR) is 98.1 cm³/mol. The standard InChI is InChI=1S/C21H15NO2/c1-14-8-2-7-13-19(14)22-20(23)17-11-5-3-9-15(17)16-10-4-6-12-18(16)21(22)24/h2-13H,1H3. The molecule has 0 aliphatic carbocycles. The molecule has 4 aromatic rings. The Kier molecular flexibility index (Phi) is 3.28. The zero-order valence-corrected chi connectivity index (χ0v) is 13.2. The maximum atomic E-state index is 13.2. The van der Waals surface area contributed by atoms with Crippen LogP contribution in [0.4, 0.5) is 0 Å². The van der Waals surface area contributed by atoms with Crippen molar-refractivity contribution in [1.29, 1.82) is 0 Å². The zero-order valence-electron chi connectivity index (χ0n) is 13.2. The number of para-hydroxylation sites is 1. The molecule has 116 valence electrons. The number of aryl methyl sites for hydroxylation is 1. The average molecular weight is 313 g/mol. The minimum absolute atomic E-state index is 0.291. The van der Waals surface area contributed by atoms with Gasteiger partial charge in [-0.3, -0.25) is 9.59 Å². The third-order valence-electron chi connectivity index (χ3n) is 4.37. The molecular weight excluding hydrogens is 298 g/mol. The van der Waals surface area contributed by atoms with Gasteiger partial charge in [-0.2, -0.15) is 0 Å². The van der Waals surface area contributed by atoms with Gasteiger partial charge in [0.2, 0.25) is 0 Å². The fraction of sp³-hybridized carbons (Fsp3) is 0.0476. The highest BCUT2D eigenvalue weighted by Gasteiger charge is 2.12. The minimum atomic E-state index is -0.291. The molecule has 4 rings (SSSR count). The highest BCUT2D eigenvalue weighted by atomic mass is 16.2. The van der Waals surface area contributed by atoms with E-state index in [-0.39, 0.29) is 11.1 Å². The Morgan fingerprint density at radius 2 is 1.00 bits per heavy atom. The Balaban J connectivity index is 2.38.